The van der Waals surface area contributed by atoms with E-state index >= 15 is 0 Å². The highest BCUT2D eigenvalue weighted by Gasteiger charge is 2.12. The Labute approximate surface area is 131 Å². The maximum Gasteiger partial charge on any atom is 0.113 e. The minimum absolute atomic E-state index is 0.550. The van der Waals surface area contributed by atoms with Crippen molar-refractivity contribution in [3.63, 3.8) is 0 Å². The van der Waals surface area contributed by atoms with Gasteiger partial charge in [-0.2, -0.15) is 0 Å². The largest absolute Gasteiger partial charge is 0.321 e. The third kappa shape index (κ3) is 2.68. The van der Waals surface area contributed by atoms with E-state index in [0.29, 0.717) is 10.9 Å². The van der Waals surface area contributed by atoms with Crippen LogP contribution in [0.15, 0.2) is 24.4 Å². The van der Waals surface area contributed by atoms with Gasteiger partial charge in [-0.25, -0.2) is 9.97 Å². The summed E-state index contributed by atoms with van der Waals surface area (Å²) in [6.45, 7) is 2.79. The molecule has 0 radical (unpaired) electrons. The molecule has 0 saturated heterocycles. The monoisotopic (exact) mass is 325 g/mol. The van der Waals surface area contributed by atoms with Crippen molar-refractivity contribution in [1.82, 2.24) is 14.5 Å². The highest BCUT2D eigenvalue weighted by Crippen LogP contribution is 2.23. The Morgan fingerprint density at radius 2 is 2.20 bits per heavy atom. The summed E-state index contributed by atoms with van der Waals surface area (Å²) >= 11 is 13.6. The fourth-order valence-electron chi connectivity index (χ4n) is 2.21. The highest BCUT2D eigenvalue weighted by molar-refractivity contribution is 7.11. The van der Waals surface area contributed by atoms with E-state index in [2.05, 4.69) is 21.5 Å². The van der Waals surface area contributed by atoms with Crippen molar-refractivity contribution in [3.8, 4) is 0 Å². The van der Waals surface area contributed by atoms with Gasteiger partial charge in [0.2, 0.25) is 0 Å². The van der Waals surface area contributed by atoms with Gasteiger partial charge in [0.1, 0.15) is 10.8 Å². The van der Waals surface area contributed by atoms with Crippen molar-refractivity contribution >= 4 is 45.6 Å². The zero-order chi connectivity index (χ0) is 14.1. The summed E-state index contributed by atoms with van der Waals surface area (Å²) in [7, 11) is 0. The summed E-state index contributed by atoms with van der Waals surface area (Å²) in [4.78, 5) is 10.3. The molecule has 20 heavy (non-hydrogen) atoms. The number of alkyl halides is 1. The fourth-order valence-corrected chi connectivity index (χ4v) is 3.33. The first-order chi connectivity index (χ1) is 9.67. The number of rotatable bonds is 4. The number of aryl methyl sites for hydroxylation is 2. The Kier molecular flexibility index (Phi) is 3.96. The SMILES string of the molecule is Cc1cnc(Cn2c(CCCl)nc3cc(Cl)ccc32)s1. The lowest BCUT2D eigenvalue weighted by molar-refractivity contribution is 0.750. The number of thiazole rings is 1. The summed E-state index contributed by atoms with van der Waals surface area (Å²) in [6.07, 6.45) is 2.63. The van der Waals surface area contributed by atoms with Crippen LogP contribution < -0.4 is 0 Å². The summed E-state index contributed by atoms with van der Waals surface area (Å²) in [5.74, 6) is 1.53. The third-order valence-corrected chi connectivity index (χ3v) is 4.39. The number of fused-ring (bicyclic) bond motifs is 1. The maximum absolute atomic E-state index is 6.04. The van der Waals surface area contributed by atoms with E-state index in [4.69, 9.17) is 23.2 Å². The molecule has 0 amide bonds. The normalized spacial score (nSPS) is 11.3. The quantitative estimate of drug-likeness (QED) is 0.670. The molecule has 0 aliphatic carbocycles. The van der Waals surface area contributed by atoms with Crippen molar-refractivity contribution < 1.29 is 0 Å². The van der Waals surface area contributed by atoms with Crippen molar-refractivity contribution in [2.75, 3.05) is 5.88 Å². The molecule has 0 saturated carbocycles. The fraction of sp³-hybridized carbons (Fsp3) is 0.286. The molecule has 2 aromatic heterocycles. The molecule has 2 heterocycles. The van der Waals surface area contributed by atoms with Crippen LogP contribution in [0.5, 0.6) is 0 Å². The zero-order valence-electron chi connectivity index (χ0n) is 10.9. The molecule has 6 heteroatoms. The molecule has 0 fully saturated rings. The summed E-state index contributed by atoms with van der Waals surface area (Å²) in [5.41, 5.74) is 1.98. The topological polar surface area (TPSA) is 30.7 Å². The van der Waals surface area contributed by atoms with Crippen molar-refractivity contribution in [2.24, 2.45) is 0 Å². The van der Waals surface area contributed by atoms with E-state index in [-0.39, 0.29) is 0 Å². The van der Waals surface area contributed by atoms with Crippen LogP contribution in [0.2, 0.25) is 5.02 Å². The Bertz CT molecular complexity index is 748. The van der Waals surface area contributed by atoms with Gasteiger partial charge in [0, 0.05) is 28.4 Å². The first-order valence-corrected chi connectivity index (χ1v) is 8.02. The van der Waals surface area contributed by atoms with E-state index in [1.165, 1.54) is 4.88 Å². The number of hydrogen-bond donors (Lipinski definition) is 0. The van der Waals surface area contributed by atoms with E-state index in [1.807, 2.05) is 24.4 Å². The van der Waals surface area contributed by atoms with Gasteiger partial charge >= 0.3 is 0 Å². The summed E-state index contributed by atoms with van der Waals surface area (Å²) in [5, 5.41) is 1.78. The highest BCUT2D eigenvalue weighted by atomic mass is 35.5. The molecule has 0 aliphatic rings. The zero-order valence-corrected chi connectivity index (χ0v) is 13.3. The predicted octanol–water partition coefficient (Wildman–Crippen LogP) is 4.28. The molecule has 3 aromatic rings. The van der Waals surface area contributed by atoms with Crippen LogP contribution in [0.3, 0.4) is 0 Å². The van der Waals surface area contributed by atoms with E-state index < -0.39 is 0 Å². The van der Waals surface area contributed by atoms with Crippen molar-refractivity contribution in [3.05, 3.63) is 45.1 Å². The van der Waals surface area contributed by atoms with E-state index in [1.54, 1.807) is 11.3 Å². The molecule has 0 spiro atoms. The smallest absolute Gasteiger partial charge is 0.113 e. The molecule has 0 atom stereocenters. The molecule has 0 aliphatic heterocycles. The van der Waals surface area contributed by atoms with Gasteiger partial charge in [-0.3, -0.25) is 0 Å². The predicted molar refractivity (Wildman–Crippen MR) is 85.1 cm³/mol. The van der Waals surface area contributed by atoms with Crippen molar-refractivity contribution in [1.29, 1.82) is 0 Å². The van der Waals surface area contributed by atoms with E-state index in [0.717, 1.165) is 34.8 Å². The number of hydrogen-bond acceptors (Lipinski definition) is 3. The average molecular weight is 326 g/mol. The Morgan fingerprint density at radius 3 is 2.90 bits per heavy atom. The van der Waals surface area contributed by atoms with Crippen LogP contribution in [0.1, 0.15) is 15.7 Å². The molecule has 104 valence electrons. The number of imidazole rings is 1. The first-order valence-electron chi connectivity index (χ1n) is 6.29. The second-order valence-electron chi connectivity index (χ2n) is 4.55. The summed E-state index contributed by atoms with van der Waals surface area (Å²) in [6, 6.07) is 5.78. The second-order valence-corrected chi connectivity index (χ2v) is 6.68. The van der Waals surface area contributed by atoms with Gasteiger partial charge in [0.25, 0.3) is 0 Å². The average Bonchev–Trinajstić information content (AvgIpc) is 2.95. The van der Waals surface area contributed by atoms with Crippen LogP contribution in [-0.2, 0) is 13.0 Å². The van der Waals surface area contributed by atoms with E-state index in [9.17, 15) is 0 Å². The lowest BCUT2D eigenvalue weighted by atomic mass is 10.3. The van der Waals surface area contributed by atoms with Gasteiger partial charge in [0.15, 0.2) is 0 Å². The first kappa shape index (κ1) is 13.9. The maximum atomic E-state index is 6.04. The minimum Gasteiger partial charge on any atom is -0.321 e. The van der Waals surface area contributed by atoms with Crippen LogP contribution >= 0.6 is 34.5 Å². The number of nitrogens with zero attached hydrogens (tertiary/aromatic N) is 3. The molecule has 1 aromatic carbocycles. The Balaban J connectivity index is 2.08. The Morgan fingerprint density at radius 1 is 1.35 bits per heavy atom. The number of benzene rings is 1. The molecular formula is C14H13Cl2N3S. The van der Waals surface area contributed by atoms with Gasteiger partial charge in [0.05, 0.1) is 17.6 Å². The second kappa shape index (κ2) is 5.72. The molecule has 0 bridgehead atoms. The Hall–Kier alpha value is -1.10. The number of aromatic nitrogens is 3. The lowest BCUT2D eigenvalue weighted by Gasteiger charge is -2.06. The van der Waals surface area contributed by atoms with Crippen LogP contribution in [-0.4, -0.2) is 20.4 Å². The van der Waals surface area contributed by atoms with Crippen molar-refractivity contribution in [2.45, 2.75) is 19.9 Å². The van der Waals surface area contributed by atoms with Gasteiger partial charge in [-0.1, -0.05) is 11.6 Å². The minimum atomic E-state index is 0.550. The molecule has 0 unspecified atom stereocenters. The van der Waals surface area contributed by atoms with Gasteiger partial charge < -0.3 is 4.57 Å². The molecule has 3 nitrogen and oxygen atoms in total. The molecular weight excluding hydrogens is 313 g/mol. The third-order valence-electron chi connectivity index (χ3n) is 3.07. The molecule has 3 rings (SSSR count). The number of halogens is 2. The van der Waals surface area contributed by atoms with Crippen LogP contribution in [0.4, 0.5) is 0 Å². The van der Waals surface area contributed by atoms with Gasteiger partial charge in [-0.05, 0) is 25.1 Å². The van der Waals surface area contributed by atoms with Crippen LogP contribution in [0, 0.1) is 6.92 Å². The van der Waals surface area contributed by atoms with Gasteiger partial charge in [-0.15, -0.1) is 22.9 Å². The summed E-state index contributed by atoms with van der Waals surface area (Å²) < 4.78 is 2.17. The lowest BCUT2D eigenvalue weighted by Crippen LogP contribution is -2.05. The van der Waals surface area contributed by atoms with Crippen LogP contribution in [0.25, 0.3) is 11.0 Å². The standard InChI is InChI=1S/C14H13Cl2N3S/c1-9-7-17-14(20-9)8-19-12-3-2-10(16)6-11(12)18-13(19)4-5-15/h2-3,6-7H,4-5,8H2,1H3. The molecule has 0 N–H and O–H groups in total.